The Labute approximate surface area is 168 Å². The van der Waals surface area contributed by atoms with Gasteiger partial charge in [0.2, 0.25) is 0 Å². The molecule has 3 aromatic rings. The number of aromatic carboxylic acids is 1. The SMILES string of the molecule is Cc1c(-c2ccccc2)sc(NC(=O)c2cc([N+](=O)[O-])ccc2Cl)c1C(=O)O. The quantitative estimate of drug-likeness (QED) is 0.436. The number of halogens is 1. The number of nitrogens with one attached hydrogen (secondary N) is 1. The van der Waals surface area contributed by atoms with Crippen molar-refractivity contribution in [2.45, 2.75) is 6.92 Å². The van der Waals surface area contributed by atoms with Crippen molar-refractivity contribution in [3.8, 4) is 10.4 Å². The highest BCUT2D eigenvalue weighted by atomic mass is 35.5. The molecule has 0 aliphatic carbocycles. The van der Waals surface area contributed by atoms with Crippen LogP contribution >= 0.6 is 22.9 Å². The molecular formula is C19H13ClN2O5S. The van der Waals surface area contributed by atoms with E-state index in [9.17, 15) is 24.8 Å². The molecule has 0 radical (unpaired) electrons. The van der Waals surface area contributed by atoms with E-state index in [-0.39, 0.29) is 26.8 Å². The Kier molecular flexibility index (Phi) is 5.43. The summed E-state index contributed by atoms with van der Waals surface area (Å²) in [5.41, 5.74) is 0.907. The van der Waals surface area contributed by atoms with E-state index < -0.39 is 16.8 Å². The monoisotopic (exact) mass is 416 g/mol. The first-order valence-corrected chi connectivity index (χ1v) is 9.16. The van der Waals surface area contributed by atoms with Gasteiger partial charge in [-0.2, -0.15) is 0 Å². The minimum absolute atomic E-state index is 0.0246. The molecule has 0 bridgehead atoms. The maximum atomic E-state index is 12.6. The summed E-state index contributed by atoms with van der Waals surface area (Å²) in [6.07, 6.45) is 0. The van der Waals surface area contributed by atoms with Gasteiger partial charge in [0.1, 0.15) is 5.00 Å². The Bertz CT molecular complexity index is 1100. The van der Waals surface area contributed by atoms with Gasteiger partial charge in [-0.25, -0.2) is 4.79 Å². The molecule has 0 aliphatic heterocycles. The summed E-state index contributed by atoms with van der Waals surface area (Å²) < 4.78 is 0. The molecule has 7 nitrogen and oxygen atoms in total. The summed E-state index contributed by atoms with van der Waals surface area (Å²) in [7, 11) is 0. The van der Waals surface area contributed by atoms with E-state index in [1.807, 2.05) is 30.3 Å². The van der Waals surface area contributed by atoms with Crippen LogP contribution < -0.4 is 5.32 Å². The van der Waals surface area contributed by atoms with Crippen molar-refractivity contribution >= 4 is 45.5 Å². The number of amides is 1. The van der Waals surface area contributed by atoms with Crippen LogP contribution in [0, 0.1) is 17.0 Å². The van der Waals surface area contributed by atoms with E-state index in [0.717, 1.165) is 23.0 Å². The molecule has 0 saturated carbocycles. The van der Waals surface area contributed by atoms with Crippen LogP contribution in [0.4, 0.5) is 10.7 Å². The van der Waals surface area contributed by atoms with Crippen molar-refractivity contribution in [3.63, 3.8) is 0 Å². The lowest BCUT2D eigenvalue weighted by Crippen LogP contribution is -2.14. The van der Waals surface area contributed by atoms with Crippen molar-refractivity contribution in [2.24, 2.45) is 0 Å². The zero-order valence-corrected chi connectivity index (χ0v) is 16.0. The van der Waals surface area contributed by atoms with E-state index in [2.05, 4.69) is 5.32 Å². The number of carboxylic acid groups (broad SMARTS) is 1. The first-order chi connectivity index (χ1) is 13.3. The third kappa shape index (κ3) is 3.73. The van der Waals surface area contributed by atoms with Crippen LogP contribution in [0.3, 0.4) is 0 Å². The normalized spacial score (nSPS) is 10.5. The molecule has 3 rings (SSSR count). The maximum absolute atomic E-state index is 12.6. The second-order valence-electron chi connectivity index (χ2n) is 5.81. The molecular weight excluding hydrogens is 404 g/mol. The number of hydrogen-bond donors (Lipinski definition) is 2. The second-order valence-corrected chi connectivity index (χ2v) is 7.23. The van der Waals surface area contributed by atoms with Gasteiger partial charge in [-0.3, -0.25) is 14.9 Å². The molecule has 1 heterocycles. The topological polar surface area (TPSA) is 110 Å². The zero-order valence-electron chi connectivity index (χ0n) is 14.4. The van der Waals surface area contributed by atoms with Crippen LogP contribution in [0.25, 0.3) is 10.4 Å². The van der Waals surface area contributed by atoms with Crippen molar-refractivity contribution in [3.05, 3.63) is 80.4 Å². The van der Waals surface area contributed by atoms with E-state index in [0.29, 0.717) is 10.4 Å². The third-order valence-electron chi connectivity index (χ3n) is 4.03. The number of carbonyl (C=O) groups is 2. The average molecular weight is 417 g/mol. The van der Waals surface area contributed by atoms with Crippen LogP contribution in [-0.4, -0.2) is 21.9 Å². The standard InChI is InChI=1S/C19H13ClN2O5S/c1-10-15(19(24)25)18(28-16(10)11-5-3-2-4-6-11)21-17(23)13-9-12(22(26)27)7-8-14(13)20/h2-9H,1H3,(H,21,23)(H,24,25). The molecule has 0 fully saturated rings. The van der Waals surface area contributed by atoms with Gasteiger partial charge >= 0.3 is 5.97 Å². The Hall–Kier alpha value is -3.23. The fourth-order valence-electron chi connectivity index (χ4n) is 2.70. The summed E-state index contributed by atoms with van der Waals surface area (Å²) in [4.78, 5) is 35.4. The molecule has 0 saturated heterocycles. The molecule has 0 spiro atoms. The predicted octanol–water partition coefficient (Wildman–Crippen LogP) is 5.24. The van der Waals surface area contributed by atoms with Gasteiger partial charge in [0.15, 0.2) is 0 Å². The van der Waals surface area contributed by atoms with Gasteiger partial charge in [-0.15, -0.1) is 11.3 Å². The number of nitro benzene ring substituents is 1. The number of rotatable bonds is 5. The largest absolute Gasteiger partial charge is 0.478 e. The third-order valence-corrected chi connectivity index (χ3v) is 5.61. The van der Waals surface area contributed by atoms with Crippen LogP contribution in [0.1, 0.15) is 26.3 Å². The number of nitrogens with zero attached hydrogens (tertiary/aromatic N) is 1. The first kappa shape index (κ1) is 19.5. The fourth-order valence-corrected chi connectivity index (χ4v) is 4.10. The lowest BCUT2D eigenvalue weighted by Gasteiger charge is -2.06. The van der Waals surface area contributed by atoms with Gasteiger partial charge in [-0.1, -0.05) is 41.9 Å². The summed E-state index contributed by atoms with van der Waals surface area (Å²) in [6, 6.07) is 12.7. The smallest absolute Gasteiger partial charge is 0.339 e. The lowest BCUT2D eigenvalue weighted by molar-refractivity contribution is -0.384. The number of non-ortho nitro benzene ring substituents is 1. The van der Waals surface area contributed by atoms with E-state index >= 15 is 0 Å². The van der Waals surface area contributed by atoms with Crippen LogP contribution in [0.2, 0.25) is 5.02 Å². The van der Waals surface area contributed by atoms with Crippen LogP contribution in [-0.2, 0) is 0 Å². The number of hydrogen-bond acceptors (Lipinski definition) is 5. The molecule has 0 atom stereocenters. The van der Waals surface area contributed by atoms with Gasteiger partial charge in [-0.05, 0) is 24.1 Å². The van der Waals surface area contributed by atoms with Crippen molar-refractivity contribution in [1.29, 1.82) is 0 Å². The van der Waals surface area contributed by atoms with E-state index in [1.165, 1.54) is 12.1 Å². The van der Waals surface area contributed by atoms with Gasteiger partial charge in [0.25, 0.3) is 11.6 Å². The van der Waals surface area contributed by atoms with Crippen molar-refractivity contribution < 1.29 is 19.6 Å². The van der Waals surface area contributed by atoms with E-state index in [4.69, 9.17) is 11.6 Å². The average Bonchev–Trinajstić information content (AvgIpc) is 2.98. The summed E-state index contributed by atoms with van der Waals surface area (Å²) in [6.45, 7) is 1.66. The Balaban J connectivity index is 2.03. The second kappa shape index (κ2) is 7.79. The van der Waals surface area contributed by atoms with Crippen LogP contribution in [0.5, 0.6) is 0 Å². The number of carboxylic acids is 1. The number of nitro groups is 1. The van der Waals surface area contributed by atoms with Crippen LogP contribution in [0.15, 0.2) is 48.5 Å². The summed E-state index contributed by atoms with van der Waals surface area (Å²) in [5.74, 6) is -1.91. The Morgan fingerprint density at radius 1 is 1.18 bits per heavy atom. The molecule has 2 N–H and O–H groups in total. The minimum atomic E-state index is -1.18. The minimum Gasteiger partial charge on any atom is -0.478 e. The molecule has 2 aromatic carbocycles. The fraction of sp³-hybridized carbons (Fsp3) is 0.0526. The maximum Gasteiger partial charge on any atom is 0.339 e. The lowest BCUT2D eigenvalue weighted by atomic mass is 10.1. The van der Waals surface area contributed by atoms with Gasteiger partial charge < -0.3 is 10.4 Å². The number of anilines is 1. The highest BCUT2D eigenvalue weighted by Crippen LogP contribution is 2.40. The van der Waals surface area contributed by atoms with E-state index in [1.54, 1.807) is 6.92 Å². The zero-order chi connectivity index (χ0) is 20.4. The molecule has 0 unspecified atom stereocenters. The molecule has 1 amide bonds. The first-order valence-electron chi connectivity index (χ1n) is 7.97. The summed E-state index contributed by atoms with van der Waals surface area (Å²) >= 11 is 7.12. The number of benzene rings is 2. The molecule has 0 aliphatic rings. The highest BCUT2D eigenvalue weighted by molar-refractivity contribution is 7.20. The number of thiophene rings is 1. The number of carbonyl (C=O) groups excluding carboxylic acids is 1. The summed E-state index contributed by atoms with van der Waals surface area (Å²) in [5, 5.41) is 23.2. The molecule has 9 heteroatoms. The van der Waals surface area contributed by atoms with Gasteiger partial charge in [0, 0.05) is 17.0 Å². The predicted molar refractivity (Wildman–Crippen MR) is 108 cm³/mol. The molecule has 1 aromatic heterocycles. The molecule has 142 valence electrons. The highest BCUT2D eigenvalue weighted by Gasteiger charge is 2.24. The van der Waals surface area contributed by atoms with Crippen molar-refractivity contribution in [1.82, 2.24) is 0 Å². The Morgan fingerprint density at radius 2 is 1.86 bits per heavy atom. The van der Waals surface area contributed by atoms with Gasteiger partial charge in [0.05, 0.1) is 21.1 Å². The van der Waals surface area contributed by atoms with Crippen molar-refractivity contribution in [2.75, 3.05) is 5.32 Å². The Morgan fingerprint density at radius 3 is 2.46 bits per heavy atom. The molecule has 28 heavy (non-hydrogen) atoms.